The number of nitrogens with zero attached hydrogens (tertiary/aromatic N) is 2. The fraction of sp³-hybridized carbons (Fsp3) is 0.200. The third kappa shape index (κ3) is 4.22. The number of aromatic nitrogens is 1. The van der Waals surface area contributed by atoms with Crippen LogP contribution in [0.4, 0.5) is 4.39 Å². The van der Waals surface area contributed by atoms with Crippen LogP contribution in [0.1, 0.15) is 41.4 Å². The van der Waals surface area contributed by atoms with Crippen LogP contribution in [0.2, 0.25) is 0 Å². The molecule has 3 aromatic rings. The lowest BCUT2D eigenvalue weighted by Crippen LogP contribution is -2.40. The van der Waals surface area contributed by atoms with Gasteiger partial charge in [-0.25, -0.2) is 19.0 Å². The topological polar surface area (TPSA) is 87.0 Å². The van der Waals surface area contributed by atoms with Gasteiger partial charge in [0.1, 0.15) is 5.82 Å². The Hall–Kier alpha value is -3.85. The van der Waals surface area contributed by atoms with E-state index in [4.69, 9.17) is 9.47 Å². The van der Waals surface area contributed by atoms with Crippen molar-refractivity contribution in [2.45, 2.75) is 19.9 Å². The molecule has 0 radical (unpaired) electrons. The lowest BCUT2D eigenvalue weighted by molar-refractivity contribution is -0.139. The highest BCUT2D eigenvalue weighted by Crippen LogP contribution is 2.31. The number of rotatable bonds is 5. The van der Waals surface area contributed by atoms with Crippen LogP contribution in [0.15, 0.2) is 69.6 Å². The van der Waals surface area contributed by atoms with Gasteiger partial charge in [-0.3, -0.25) is 9.36 Å². The lowest BCUT2D eigenvalue weighted by Gasteiger charge is -2.24. The first-order chi connectivity index (χ1) is 16.3. The average Bonchev–Trinajstić information content (AvgIpc) is 3.13. The second-order valence-corrected chi connectivity index (χ2v) is 8.45. The molecule has 0 aliphatic carbocycles. The molecule has 0 bridgehead atoms. The van der Waals surface area contributed by atoms with Gasteiger partial charge in [-0.1, -0.05) is 41.7 Å². The Bertz CT molecular complexity index is 1480. The second kappa shape index (κ2) is 9.56. The predicted molar refractivity (Wildman–Crippen MR) is 125 cm³/mol. The number of hydrogen-bond donors (Lipinski definition) is 0. The molecular weight excluding hydrogens is 459 g/mol. The summed E-state index contributed by atoms with van der Waals surface area (Å²) in [5.74, 6) is -1.54. The third-order valence-corrected chi connectivity index (χ3v) is 6.34. The van der Waals surface area contributed by atoms with E-state index < -0.39 is 29.4 Å². The van der Waals surface area contributed by atoms with Gasteiger partial charge < -0.3 is 9.47 Å². The summed E-state index contributed by atoms with van der Waals surface area (Å²) in [6, 6.07) is 11.8. The molecule has 1 aliphatic rings. The number of thiazole rings is 1. The van der Waals surface area contributed by atoms with Crippen molar-refractivity contribution in [2.24, 2.45) is 4.99 Å². The Kier molecular flexibility index (Phi) is 6.56. The predicted octanol–water partition coefficient (Wildman–Crippen LogP) is 2.72. The zero-order chi connectivity index (χ0) is 24.4. The molecule has 1 aromatic heterocycles. The minimum absolute atomic E-state index is 0.154. The van der Waals surface area contributed by atoms with E-state index >= 15 is 0 Å². The van der Waals surface area contributed by atoms with E-state index in [-0.39, 0.29) is 22.3 Å². The number of ether oxygens (including phenoxy) is 2. The largest absolute Gasteiger partial charge is 0.465 e. The summed E-state index contributed by atoms with van der Waals surface area (Å²) >= 11 is 1.11. The van der Waals surface area contributed by atoms with Crippen molar-refractivity contribution in [1.82, 2.24) is 4.57 Å². The third-order valence-electron chi connectivity index (χ3n) is 5.36. The zero-order valence-corrected chi connectivity index (χ0v) is 19.5. The van der Waals surface area contributed by atoms with Gasteiger partial charge in [0.25, 0.3) is 5.56 Å². The van der Waals surface area contributed by atoms with Crippen molar-refractivity contribution in [3.05, 3.63) is 102 Å². The van der Waals surface area contributed by atoms with Crippen LogP contribution in [0.25, 0.3) is 6.08 Å². The van der Waals surface area contributed by atoms with Gasteiger partial charge in [-0.05, 0) is 43.7 Å². The summed E-state index contributed by atoms with van der Waals surface area (Å²) in [5, 5.41) is 0. The quantitative estimate of drug-likeness (QED) is 0.524. The molecule has 4 rings (SSSR count). The van der Waals surface area contributed by atoms with Gasteiger partial charge in [0, 0.05) is 5.56 Å². The molecule has 0 amide bonds. The van der Waals surface area contributed by atoms with Gasteiger partial charge in [0.05, 0.1) is 41.1 Å². The van der Waals surface area contributed by atoms with Crippen LogP contribution >= 0.6 is 11.3 Å². The molecule has 34 heavy (non-hydrogen) atoms. The maximum atomic E-state index is 14.2. The highest BCUT2D eigenvalue weighted by molar-refractivity contribution is 7.07. The molecule has 7 nitrogen and oxygen atoms in total. The lowest BCUT2D eigenvalue weighted by atomic mass is 9.95. The first-order valence-electron chi connectivity index (χ1n) is 10.5. The molecular formula is C25H21FN2O5S. The van der Waals surface area contributed by atoms with Crippen LogP contribution in [0, 0.1) is 5.82 Å². The standard InChI is InChI=1S/C25H21FN2O5S/c1-4-33-24(31)20-14(2)27-25-28(21(20)15-9-11-16(12-10-15)23(30)32-3)22(29)19(34-25)13-17-7-5-6-8-18(17)26/h5-13,21H,4H2,1-3H3/b19-13-/t21-/m1/s1. The van der Waals surface area contributed by atoms with Crippen molar-refractivity contribution >= 4 is 29.4 Å². The molecule has 0 saturated heterocycles. The number of carbonyl (C=O) groups is 2. The van der Waals surface area contributed by atoms with E-state index in [0.29, 0.717) is 21.6 Å². The zero-order valence-electron chi connectivity index (χ0n) is 18.7. The monoisotopic (exact) mass is 480 g/mol. The molecule has 9 heteroatoms. The molecule has 0 fully saturated rings. The Labute approximate surface area is 198 Å². The highest BCUT2D eigenvalue weighted by atomic mass is 32.1. The molecule has 0 unspecified atom stereocenters. The maximum absolute atomic E-state index is 14.2. The van der Waals surface area contributed by atoms with Crippen LogP contribution in [0.5, 0.6) is 0 Å². The molecule has 2 aromatic carbocycles. The number of allylic oxidation sites excluding steroid dienone is 1. The number of halogens is 1. The van der Waals surface area contributed by atoms with E-state index in [1.165, 1.54) is 23.8 Å². The fourth-order valence-corrected chi connectivity index (χ4v) is 4.80. The van der Waals surface area contributed by atoms with Crippen molar-refractivity contribution in [2.75, 3.05) is 13.7 Å². The number of hydrogen-bond acceptors (Lipinski definition) is 7. The van der Waals surface area contributed by atoms with Crippen molar-refractivity contribution in [3.63, 3.8) is 0 Å². The fourth-order valence-electron chi connectivity index (χ4n) is 3.76. The molecule has 2 heterocycles. The van der Waals surface area contributed by atoms with Gasteiger partial charge in [0.15, 0.2) is 4.80 Å². The van der Waals surface area contributed by atoms with Crippen molar-refractivity contribution in [3.8, 4) is 0 Å². The summed E-state index contributed by atoms with van der Waals surface area (Å²) in [7, 11) is 1.29. The summed E-state index contributed by atoms with van der Waals surface area (Å²) < 4.78 is 25.9. The molecule has 0 spiro atoms. The van der Waals surface area contributed by atoms with Crippen LogP contribution < -0.4 is 14.9 Å². The van der Waals surface area contributed by atoms with Gasteiger partial charge >= 0.3 is 11.9 Å². The normalized spacial score (nSPS) is 15.5. The SMILES string of the molecule is CCOC(=O)C1=C(C)N=c2s/c(=C\c3ccccc3F)c(=O)n2[C@@H]1c1ccc(C(=O)OC)cc1. The van der Waals surface area contributed by atoms with Gasteiger partial charge in [0.2, 0.25) is 0 Å². The summed E-state index contributed by atoms with van der Waals surface area (Å²) in [6.45, 7) is 3.52. The molecule has 0 saturated carbocycles. The Morgan fingerprint density at radius 3 is 2.50 bits per heavy atom. The van der Waals surface area contributed by atoms with Gasteiger partial charge in [-0.15, -0.1) is 0 Å². The number of esters is 2. The number of fused-ring (bicyclic) bond motifs is 1. The second-order valence-electron chi connectivity index (χ2n) is 7.44. The van der Waals surface area contributed by atoms with E-state index in [2.05, 4.69) is 4.99 Å². The molecule has 1 atom stereocenters. The Morgan fingerprint density at radius 2 is 1.85 bits per heavy atom. The first kappa shape index (κ1) is 23.3. The van der Waals surface area contributed by atoms with E-state index in [1.807, 2.05) is 0 Å². The summed E-state index contributed by atoms with van der Waals surface area (Å²) in [6.07, 6.45) is 1.47. The Balaban J connectivity index is 1.94. The molecule has 1 aliphatic heterocycles. The van der Waals surface area contributed by atoms with E-state index in [1.54, 1.807) is 56.3 Å². The summed E-state index contributed by atoms with van der Waals surface area (Å²) in [4.78, 5) is 43.1. The minimum atomic E-state index is -0.829. The van der Waals surface area contributed by atoms with E-state index in [9.17, 15) is 18.8 Å². The summed E-state index contributed by atoms with van der Waals surface area (Å²) in [5.41, 5.74) is 1.41. The first-order valence-corrected chi connectivity index (χ1v) is 11.3. The van der Waals surface area contributed by atoms with Crippen LogP contribution in [-0.2, 0) is 14.3 Å². The van der Waals surface area contributed by atoms with Gasteiger partial charge in [-0.2, -0.15) is 0 Å². The van der Waals surface area contributed by atoms with Crippen molar-refractivity contribution in [1.29, 1.82) is 0 Å². The van der Waals surface area contributed by atoms with Crippen LogP contribution in [0.3, 0.4) is 0 Å². The van der Waals surface area contributed by atoms with E-state index in [0.717, 1.165) is 11.3 Å². The smallest absolute Gasteiger partial charge is 0.338 e. The Morgan fingerprint density at radius 1 is 1.15 bits per heavy atom. The highest BCUT2D eigenvalue weighted by Gasteiger charge is 2.33. The van der Waals surface area contributed by atoms with Crippen molar-refractivity contribution < 1.29 is 23.5 Å². The van der Waals surface area contributed by atoms with Crippen LogP contribution in [-0.4, -0.2) is 30.2 Å². The number of methoxy groups -OCH3 is 1. The number of benzene rings is 2. The average molecular weight is 481 g/mol. The molecule has 174 valence electrons. The minimum Gasteiger partial charge on any atom is -0.465 e. The number of carbonyl (C=O) groups excluding carboxylic acids is 2. The molecule has 0 N–H and O–H groups in total. The maximum Gasteiger partial charge on any atom is 0.338 e.